The number of pyridine rings is 1. The van der Waals surface area contributed by atoms with Crippen molar-refractivity contribution in [3.05, 3.63) is 71.9 Å². The summed E-state index contributed by atoms with van der Waals surface area (Å²) in [6.07, 6.45) is 4.06. The molecule has 0 fully saturated rings. The van der Waals surface area contributed by atoms with Gasteiger partial charge < -0.3 is 5.32 Å². The maximum atomic E-state index is 4.44. The molecule has 3 aromatic rings. The van der Waals surface area contributed by atoms with Gasteiger partial charge in [0.15, 0.2) is 0 Å². The van der Waals surface area contributed by atoms with E-state index in [4.69, 9.17) is 0 Å². The molecule has 1 aliphatic rings. The lowest BCUT2D eigenvalue weighted by molar-refractivity contribution is 0.749. The predicted octanol–water partition coefficient (Wildman–Crippen LogP) is 3.81. The van der Waals surface area contributed by atoms with E-state index in [9.17, 15) is 0 Å². The van der Waals surface area contributed by atoms with Crippen molar-refractivity contribution in [3.8, 4) is 0 Å². The molecule has 98 valence electrons. The van der Waals surface area contributed by atoms with Crippen LogP contribution in [0.5, 0.6) is 0 Å². The first-order valence-corrected chi connectivity index (χ1v) is 7.07. The summed E-state index contributed by atoms with van der Waals surface area (Å²) >= 11 is 0. The number of aromatic nitrogens is 1. The second-order valence-electron chi connectivity index (χ2n) is 5.39. The lowest BCUT2D eigenvalue weighted by Crippen LogP contribution is -2.18. The number of rotatable bonds is 2. The molecule has 20 heavy (non-hydrogen) atoms. The zero-order valence-electron chi connectivity index (χ0n) is 11.2. The highest BCUT2D eigenvalue weighted by atomic mass is 14.9. The second kappa shape index (κ2) is 4.64. The van der Waals surface area contributed by atoms with Gasteiger partial charge in [0.1, 0.15) is 0 Å². The van der Waals surface area contributed by atoms with Gasteiger partial charge in [-0.3, -0.25) is 4.98 Å². The van der Waals surface area contributed by atoms with Gasteiger partial charge in [-0.15, -0.1) is 0 Å². The number of para-hydroxylation sites is 2. The van der Waals surface area contributed by atoms with Gasteiger partial charge in [-0.2, -0.15) is 0 Å². The van der Waals surface area contributed by atoms with Crippen LogP contribution in [0.2, 0.25) is 0 Å². The summed E-state index contributed by atoms with van der Waals surface area (Å²) in [4.78, 5) is 4.44. The van der Waals surface area contributed by atoms with Crippen molar-refractivity contribution in [2.75, 3.05) is 5.32 Å². The molecule has 0 saturated carbocycles. The third-order valence-electron chi connectivity index (χ3n) is 4.05. The van der Waals surface area contributed by atoms with E-state index < -0.39 is 0 Å². The number of benzene rings is 2. The van der Waals surface area contributed by atoms with Crippen molar-refractivity contribution in [1.29, 1.82) is 0 Å². The van der Waals surface area contributed by atoms with Gasteiger partial charge in [0, 0.05) is 23.3 Å². The highest BCUT2D eigenvalue weighted by molar-refractivity contribution is 5.82. The summed E-state index contributed by atoms with van der Waals surface area (Å²) in [6.45, 7) is 0. The zero-order valence-corrected chi connectivity index (χ0v) is 11.2. The zero-order chi connectivity index (χ0) is 13.4. The Kier molecular flexibility index (Phi) is 2.66. The Balaban J connectivity index is 1.64. The Morgan fingerprint density at radius 1 is 1.00 bits per heavy atom. The van der Waals surface area contributed by atoms with Gasteiger partial charge in [0.05, 0.1) is 5.52 Å². The van der Waals surface area contributed by atoms with Crippen LogP contribution in [0.4, 0.5) is 5.69 Å². The monoisotopic (exact) mass is 260 g/mol. The molecule has 1 N–H and O–H groups in total. The summed E-state index contributed by atoms with van der Waals surface area (Å²) in [5.41, 5.74) is 5.17. The average molecular weight is 260 g/mol. The fraction of sp³-hybridized carbons (Fsp3) is 0.167. The molecule has 1 unspecified atom stereocenters. The first kappa shape index (κ1) is 11.5. The van der Waals surface area contributed by atoms with Crippen LogP contribution < -0.4 is 5.32 Å². The minimum atomic E-state index is 0.484. The van der Waals surface area contributed by atoms with E-state index in [0.29, 0.717) is 6.04 Å². The van der Waals surface area contributed by atoms with E-state index >= 15 is 0 Å². The van der Waals surface area contributed by atoms with Crippen LogP contribution in [0.15, 0.2) is 60.8 Å². The van der Waals surface area contributed by atoms with Crippen LogP contribution in [0.1, 0.15) is 11.1 Å². The number of fused-ring (bicyclic) bond motifs is 2. The minimum absolute atomic E-state index is 0.484. The fourth-order valence-electron chi connectivity index (χ4n) is 3.10. The van der Waals surface area contributed by atoms with Crippen LogP contribution >= 0.6 is 0 Å². The van der Waals surface area contributed by atoms with Crippen molar-refractivity contribution in [2.45, 2.75) is 18.9 Å². The van der Waals surface area contributed by atoms with Gasteiger partial charge >= 0.3 is 0 Å². The average Bonchev–Trinajstić information content (AvgIpc) is 2.90. The van der Waals surface area contributed by atoms with Crippen LogP contribution in [-0.4, -0.2) is 11.0 Å². The molecule has 1 atom stereocenters. The molecule has 1 aliphatic heterocycles. The van der Waals surface area contributed by atoms with Crippen LogP contribution in [0.25, 0.3) is 10.9 Å². The van der Waals surface area contributed by atoms with Gasteiger partial charge in [-0.1, -0.05) is 36.4 Å². The third-order valence-corrected chi connectivity index (χ3v) is 4.05. The maximum Gasteiger partial charge on any atom is 0.0704 e. The fourth-order valence-corrected chi connectivity index (χ4v) is 3.10. The first-order valence-electron chi connectivity index (χ1n) is 7.07. The predicted molar refractivity (Wildman–Crippen MR) is 83.0 cm³/mol. The summed E-state index contributed by atoms with van der Waals surface area (Å²) in [7, 11) is 0. The van der Waals surface area contributed by atoms with Gasteiger partial charge in [-0.05, 0) is 42.2 Å². The van der Waals surface area contributed by atoms with Crippen molar-refractivity contribution >= 4 is 16.6 Å². The molecule has 2 heteroatoms. The van der Waals surface area contributed by atoms with Gasteiger partial charge in [-0.25, -0.2) is 0 Å². The number of nitrogens with one attached hydrogen (secondary N) is 1. The normalized spacial score (nSPS) is 16.9. The topological polar surface area (TPSA) is 24.9 Å². The molecule has 2 heterocycles. The molecular weight excluding hydrogens is 244 g/mol. The van der Waals surface area contributed by atoms with Crippen LogP contribution in [-0.2, 0) is 12.8 Å². The lowest BCUT2D eigenvalue weighted by Gasteiger charge is -2.13. The molecule has 0 spiro atoms. The van der Waals surface area contributed by atoms with Crippen molar-refractivity contribution in [3.63, 3.8) is 0 Å². The van der Waals surface area contributed by atoms with Crippen molar-refractivity contribution < 1.29 is 0 Å². The summed E-state index contributed by atoms with van der Waals surface area (Å²) in [6, 6.07) is 19.6. The maximum absolute atomic E-state index is 4.44. The van der Waals surface area contributed by atoms with E-state index in [1.807, 2.05) is 12.3 Å². The molecule has 2 nitrogen and oxygen atoms in total. The molecule has 1 aromatic heterocycles. The second-order valence-corrected chi connectivity index (χ2v) is 5.39. The highest BCUT2D eigenvalue weighted by Gasteiger charge is 2.20. The summed E-state index contributed by atoms with van der Waals surface area (Å²) in [5.74, 6) is 0. The number of hydrogen-bond donors (Lipinski definition) is 1. The quantitative estimate of drug-likeness (QED) is 0.757. The molecule has 0 saturated heterocycles. The smallest absolute Gasteiger partial charge is 0.0704 e. The van der Waals surface area contributed by atoms with E-state index in [-0.39, 0.29) is 0 Å². The van der Waals surface area contributed by atoms with E-state index in [2.05, 4.69) is 58.8 Å². The number of anilines is 1. The summed E-state index contributed by atoms with van der Waals surface area (Å²) in [5, 5.41) is 4.90. The van der Waals surface area contributed by atoms with E-state index in [1.165, 1.54) is 22.2 Å². The number of nitrogens with zero attached hydrogens (tertiary/aromatic N) is 1. The van der Waals surface area contributed by atoms with Gasteiger partial charge in [0.2, 0.25) is 0 Å². The van der Waals surface area contributed by atoms with Crippen molar-refractivity contribution in [2.24, 2.45) is 0 Å². The summed E-state index contributed by atoms with van der Waals surface area (Å²) < 4.78 is 0. The SMILES string of the molecule is c1ccc2c(c1)CC(Cc1ccnc3ccccc13)N2. The van der Waals surface area contributed by atoms with E-state index in [0.717, 1.165) is 18.4 Å². The van der Waals surface area contributed by atoms with Crippen LogP contribution in [0.3, 0.4) is 0 Å². The van der Waals surface area contributed by atoms with Gasteiger partial charge in [0.25, 0.3) is 0 Å². The Labute approximate surface area is 118 Å². The van der Waals surface area contributed by atoms with E-state index in [1.54, 1.807) is 0 Å². The molecule has 4 rings (SSSR count). The molecular formula is C18H16N2. The Hall–Kier alpha value is -2.35. The van der Waals surface area contributed by atoms with Crippen LogP contribution in [0, 0.1) is 0 Å². The Morgan fingerprint density at radius 3 is 2.80 bits per heavy atom. The minimum Gasteiger partial charge on any atom is -0.381 e. The lowest BCUT2D eigenvalue weighted by atomic mass is 10.00. The Morgan fingerprint density at radius 2 is 1.85 bits per heavy atom. The molecule has 0 bridgehead atoms. The molecule has 0 aliphatic carbocycles. The molecule has 0 radical (unpaired) electrons. The largest absolute Gasteiger partial charge is 0.381 e. The first-order chi connectivity index (χ1) is 9.90. The standard InChI is InChI=1S/C18H16N2/c1-3-7-17-14(5-1)12-15(20-17)11-13-9-10-19-18-8-4-2-6-16(13)18/h1-10,15,20H,11-12H2. The Bertz CT molecular complexity index is 734. The highest BCUT2D eigenvalue weighted by Crippen LogP contribution is 2.28. The van der Waals surface area contributed by atoms with Crippen molar-refractivity contribution in [1.82, 2.24) is 4.98 Å². The third kappa shape index (κ3) is 1.94. The number of hydrogen-bond acceptors (Lipinski definition) is 2. The molecule has 0 amide bonds. The molecule has 2 aromatic carbocycles.